The van der Waals surface area contributed by atoms with Crippen LogP contribution >= 0.6 is 11.3 Å². The first kappa shape index (κ1) is 14.9. The maximum Gasteiger partial charge on any atom is 0.275 e. The molecule has 1 aromatic heterocycles. The zero-order valence-electron chi connectivity index (χ0n) is 10.9. The molecule has 0 bridgehead atoms. The number of aromatic nitrogens is 1. The predicted molar refractivity (Wildman–Crippen MR) is 77.4 cm³/mol. The van der Waals surface area contributed by atoms with E-state index < -0.39 is 10.8 Å². The molecule has 2 rings (SSSR count). The van der Waals surface area contributed by atoms with Crippen LogP contribution in [0.25, 0.3) is 0 Å². The maximum absolute atomic E-state index is 12.0. The largest absolute Gasteiger partial charge is 0.506 e. The lowest BCUT2D eigenvalue weighted by Crippen LogP contribution is -2.13. The van der Waals surface area contributed by atoms with Crippen LogP contribution in [0.2, 0.25) is 0 Å². The van der Waals surface area contributed by atoms with Gasteiger partial charge in [-0.05, 0) is 13.0 Å². The second-order valence-corrected chi connectivity index (χ2v) is 5.16. The van der Waals surface area contributed by atoms with Crippen molar-refractivity contribution in [1.82, 2.24) is 4.98 Å². The summed E-state index contributed by atoms with van der Waals surface area (Å²) in [6.07, 6.45) is 0. The van der Waals surface area contributed by atoms with E-state index in [2.05, 4.69) is 10.3 Å². The minimum Gasteiger partial charge on any atom is -0.506 e. The third-order valence-electron chi connectivity index (χ3n) is 2.58. The Morgan fingerprint density at radius 3 is 2.81 bits per heavy atom. The number of hydrogen-bond donors (Lipinski definition) is 3. The van der Waals surface area contributed by atoms with E-state index in [9.17, 15) is 20.0 Å². The van der Waals surface area contributed by atoms with E-state index in [0.717, 1.165) is 6.07 Å². The molecule has 8 nitrogen and oxygen atoms in total. The highest BCUT2D eigenvalue weighted by Crippen LogP contribution is 2.28. The lowest BCUT2D eigenvalue weighted by Gasteiger charge is -2.05. The predicted octanol–water partition coefficient (Wildman–Crippen LogP) is 2.03. The van der Waals surface area contributed by atoms with Gasteiger partial charge < -0.3 is 16.2 Å². The molecule has 0 saturated heterocycles. The number of benzene rings is 1. The number of carbonyl (C=O) groups is 1. The van der Waals surface area contributed by atoms with Crippen LogP contribution < -0.4 is 11.1 Å². The van der Waals surface area contributed by atoms with Crippen molar-refractivity contribution in [1.29, 1.82) is 0 Å². The van der Waals surface area contributed by atoms with Crippen LogP contribution in [0.1, 0.15) is 28.5 Å². The van der Waals surface area contributed by atoms with Crippen molar-refractivity contribution >= 4 is 28.6 Å². The van der Waals surface area contributed by atoms with E-state index in [1.54, 1.807) is 12.3 Å². The molecule has 1 aromatic carbocycles. The van der Waals surface area contributed by atoms with Gasteiger partial charge in [-0.25, -0.2) is 4.98 Å². The number of non-ortho nitro benzene ring substituents is 1. The van der Waals surface area contributed by atoms with Gasteiger partial charge in [0.05, 0.1) is 22.7 Å². The van der Waals surface area contributed by atoms with Crippen LogP contribution in [0.4, 0.5) is 11.4 Å². The molecule has 2 aromatic rings. The van der Waals surface area contributed by atoms with Gasteiger partial charge in [0.1, 0.15) is 16.5 Å². The normalized spacial score (nSPS) is 11.9. The van der Waals surface area contributed by atoms with Crippen molar-refractivity contribution in [3.8, 4) is 5.75 Å². The molecular formula is C12H12N4O4S. The smallest absolute Gasteiger partial charge is 0.275 e. The van der Waals surface area contributed by atoms with Crippen LogP contribution in [-0.2, 0) is 0 Å². The lowest BCUT2D eigenvalue weighted by atomic mass is 10.2. The van der Waals surface area contributed by atoms with Crippen molar-refractivity contribution in [2.45, 2.75) is 13.0 Å². The molecular weight excluding hydrogens is 296 g/mol. The van der Waals surface area contributed by atoms with Crippen molar-refractivity contribution < 1.29 is 14.8 Å². The van der Waals surface area contributed by atoms with Crippen LogP contribution in [0.3, 0.4) is 0 Å². The number of anilines is 1. The Bertz CT molecular complexity index is 698. The van der Waals surface area contributed by atoms with Crippen LogP contribution in [0.5, 0.6) is 5.75 Å². The molecule has 1 atom stereocenters. The fraction of sp³-hybridized carbons (Fsp3) is 0.167. The third-order valence-corrected chi connectivity index (χ3v) is 3.63. The van der Waals surface area contributed by atoms with E-state index in [0.29, 0.717) is 5.01 Å². The highest BCUT2D eigenvalue weighted by Gasteiger charge is 2.16. The zero-order chi connectivity index (χ0) is 15.6. The monoisotopic (exact) mass is 308 g/mol. The summed E-state index contributed by atoms with van der Waals surface area (Å²) in [5, 5.41) is 24.8. The highest BCUT2D eigenvalue weighted by molar-refractivity contribution is 7.09. The number of phenols is 1. The Labute approximate surface area is 123 Å². The van der Waals surface area contributed by atoms with Gasteiger partial charge in [-0.2, -0.15) is 0 Å². The van der Waals surface area contributed by atoms with E-state index >= 15 is 0 Å². The molecule has 0 aliphatic rings. The summed E-state index contributed by atoms with van der Waals surface area (Å²) in [5.74, 6) is -0.914. The number of thiazole rings is 1. The van der Waals surface area contributed by atoms with Gasteiger partial charge in [-0.3, -0.25) is 14.9 Å². The van der Waals surface area contributed by atoms with Crippen molar-refractivity contribution in [2.24, 2.45) is 5.73 Å². The minimum absolute atomic E-state index is 0.0703. The number of nitrogens with zero attached hydrogens (tertiary/aromatic N) is 2. The van der Waals surface area contributed by atoms with Crippen LogP contribution in [0.15, 0.2) is 23.6 Å². The second-order valence-electron chi connectivity index (χ2n) is 4.27. The average Bonchev–Trinajstić information content (AvgIpc) is 2.90. The molecule has 1 unspecified atom stereocenters. The molecule has 0 radical (unpaired) electrons. The fourth-order valence-corrected chi connectivity index (χ4v) is 2.28. The van der Waals surface area contributed by atoms with E-state index in [4.69, 9.17) is 5.73 Å². The number of nitro groups is 1. The Balaban J connectivity index is 2.17. The lowest BCUT2D eigenvalue weighted by molar-refractivity contribution is -0.384. The third kappa shape index (κ3) is 3.33. The van der Waals surface area contributed by atoms with Crippen molar-refractivity contribution in [3.63, 3.8) is 0 Å². The van der Waals surface area contributed by atoms with Gasteiger partial charge >= 0.3 is 0 Å². The Kier molecular flexibility index (Phi) is 4.15. The van der Waals surface area contributed by atoms with Crippen LogP contribution in [0, 0.1) is 10.1 Å². The summed E-state index contributed by atoms with van der Waals surface area (Å²) in [5.41, 5.74) is 5.64. The first-order valence-electron chi connectivity index (χ1n) is 5.88. The minimum atomic E-state index is -0.638. The Hall–Kier alpha value is -2.52. The summed E-state index contributed by atoms with van der Waals surface area (Å²) >= 11 is 1.26. The van der Waals surface area contributed by atoms with E-state index in [-0.39, 0.29) is 28.9 Å². The van der Waals surface area contributed by atoms with E-state index in [1.165, 1.54) is 23.5 Å². The highest BCUT2D eigenvalue weighted by atomic mass is 32.1. The molecule has 0 spiro atoms. The maximum atomic E-state index is 12.0. The summed E-state index contributed by atoms with van der Waals surface area (Å²) < 4.78 is 0. The molecule has 110 valence electrons. The number of aromatic hydroxyl groups is 1. The van der Waals surface area contributed by atoms with Crippen LogP contribution in [-0.4, -0.2) is 20.9 Å². The van der Waals surface area contributed by atoms with Gasteiger partial charge in [-0.1, -0.05) is 0 Å². The van der Waals surface area contributed by atoms with E-state index in [1.807, 2.05) is 0 Å². The molecule has 9 heteroatoms. The van der Waals surface area contributed by atoms with Gasteiger partial charge in [0.25, 0.3) is 11.6 Å². The zero-order valence-corrected chi connectivity index (χ0v) is 11.8. The van der Waals surface area contributed by atoms with Gasteiger partial charge in [0, 0.05) is 11.4 Å². The number of amides is 1. The second kappa shape index (κ2) is 5.85. The van der Waals surface area contributed by atoms with Gasteiger partial charge in [-0.15, -0.1) is 11.3 Å². The first-order valence-corrected chi connectivity index (χ1v) is 6.76. The Morgan fingerprint density at radius 1 is 1.57 bits per heavy atom. The SMILES string of the molecule is CC(N)c1nc(C(=O)Nc2ccc([N+](=O)[O-])cc2O)cs1. The molecule has 4 N–H and O–H groups in total. The van der Waals surface area contributed by atoms with Crippen molar-refractivity contribution in [2.75, 3.05) is 5.32 Å². The summed E-state index contributed by atoms with van der Waals surface area (Å²) in [6.45, 7) is 1.75. The molecule has 0 fully saturated rings. The molecule has 21 heavy (non-hydrogen) atoms. The Morgan fingerprint density at radius 2 is 2.29 bits per heavy atom. The summed E-state index contributed by atoms with van der Waals surface area (Å²) in [7, 11) is 0. The topological polar surface area (TPSA) is 131 Å². The number of nitro benzene ring substituents is 1. The standard InChI is InChI=1S/C12H12N4O4S/c1-6(13)12-15-9(5-21-12)11(18)14-8-3-2-7(16(19)20)4-10(8)17/h2-6,17H,13H2,1H3,(H,14,18). The van der Waals surface area contributed by atoms with Gasteiger partial charge in [0.2, 0.25) is 0 Å². The molecule has 1 heterocycles. The number of nitrogens with one attached hydrogen (secondary N) is 1. The van der Waals surface area contributed by atoms with Gasteiger partial charge in [0.15, 0.2) is 0 Å². The van der Waals surface area contributed by atoms with Crippen molar-refractivity contribution in [3.05, 3.63) is 44.4 Å². The number of carbonyl (C=O) groups excluding carboxylic acids is 1. The quantitative estimate of drug-likeness (QED) is 0.450. The number of phenolic OH excluding ortho intramolecular Hbond substituents is 1. The fourth-order valence-electron chi connectivity index (χ4n) is 1.53. The average molecular weight is 308 g/mol. The molecule has 0 saturated carbocycles. The summed E-state index contributed by atoms with van der Waals surface area (Å²) in [6, 6.07) is 3.13. The molecule has 1 amide bonds. The molecule has 0 aliphatic heterocycles. The molecule has 0 aliphatic carbocycles. The summed E-state index contributed by atoms with van der Waals surface area (Å²) in [4.78, 5) is 26.0. The first-order chi connectivity index (χ1) is 9.88. The number of rotatable bonds is 4. The number of nitrogens with two attached hydrogens (primary N) is 1. The number of hydrogen-bond acceptors (Lipinski definition) is 7.